The molecule has 0 spiro atoms. The number of nitrogens with zero attached hydrogens (tertiary/aromatic N) is 1. The van der Waals surface area contributed by atoms with Crippen molar-refractivity contribution in [1.82, 2.24) is 10.2 Å². The van der Waals surface area contributed by atoms with Crippen molar-refractivity contribution < 1.29 is 4.79 Å². The van der Waals surface area contributed by atoms with Crippen LogP contribution in [-0.2, 0) is 11.3 Å². The molecular formula is C13H18N2OS. The first-order valence-corrected chi connectivity index (χ1v) is 6.37. The molecule has 0 saturated carbocycles. The fraction of sp³-hybridized carbons (Fsp3) is 0.308. The smallest absolute Gasteiger partial charge is 0.234 e. The van der Waals surface area contributed by atoms with Crippen molar-refractivity contribution in [3.8, 4) is 0 Å². The molecule has 0 fully saturated rings. The molecule has 1 aromatic heterocycles. The van der Waals surface area contributed by atoms with Crippen molar-refractivity contribution in [2.75, 3.05) is 19.6 Å². The van der Waals surface area contributed by atoms with Crippen LogP contribution in [0.1, 0.15) is 4.88 Å². The summed E-state index contributed by atoms with van der Waals surface area (Å²) in [4.78, 5) is 14.8. The molecule has 0 radical (unpaired) electrons. The maximum Gasteiger partial charge on any atom is 0.234 e. The van der Waals surface area contributed by atoms with Gasteiger partial charge in [0.25, 0.3) is 0 Å². The molecule has 0 aliphatic rings. The van der Waals surface area contributed by atoms with Gasteiger partial charge in [0.2, 0.25) is 5.91 Å². The molecule has 1 aromatic rings. The lowest BCUT2D eigenvalue weighted by Crippen LogP contribution is -2.37. The first-order valence-electron chi connectivity index (χ1n) is 5.49. The lowest BCUT2D eigenvalue weighted by molar-refractivity contribution is -0.122. The number of amides is 1. The van der Waals surface area contributed by atoms with E-state index in [1.807, 2.05) is 22.4 Å². The van der Waals surface area contributed by atoms with Gasteiger partial charge in [0.1, 0.15) is 0 Å². The summed E-state index contributed by atoms with van der Waals surface area (Å²) in [6.07, 6.45) is 3.58. The minimum atomic E-state index is 0.0297. The SMILES string of the molecule is C=CCN(CC=C)CC(=O)NCc1cccs1. The molecular weight excluding hydrogens is 232 g/mol. The third-order valence-electron chi connectivity index (χ3n) is 2.18. The van der Waals surface area contributed by atoms with Crippen molar-refractivity contribution in [3.05, 3.63) is 47.7 Å². The van der Waals surface area contributed by atoms with Gasteiger partial charge in [0, 0.05) is 18.0 Å². The monoisotopic (exact) mass is 250 g/mol. The van der Waals surface area contributed by atoms with Gasteiger partial charge in [0.05, 0.1) is 13.1 Å². The van der Waals surface area contributed by atoms with Crippen molar-refractivity contribution >= 4 is 17.2 Å². The van der Waals surface area contributed by atoms with Crippen molar-refractivity contribution in [2.24, 2.45) is 0 Å². The van der Waals surface area contributed by atoms with Crippen LogP contribution in [0.15, 0.2) is 42.8 Å². The molecule has 0 unspecified atom stereocenters. The predicted octanol–water partition coefficient (Wildman–Crippen LogP) is 2.04. The number of carbonyl (C=O) groups excluding carboxylic acids is 1. The Balaban J connectivity index is 2.31. The molecule has 0 bridgehead atoms. The van der Waals surface area contributed by atoms with Crippen LogP contribution < -0.4 is 5.32 Å². The van der Waals surface area contributed by atoms with E-state index in [1.165, 1.54) is 0 Å². The van der Waals surface area contributed by atoms with E-state index in [0.29, 0.717) is 26.2 Å². The molecule has 0 aromatic carbocycles. The van der Waals surface area contributed by atoms with Crippen molar-refractivity contribution in [1.29, 1.82) is 0 Å². The predicted molar refractivity (Wildman–Crippen MR) is 73.0 cm³/mol. The van der Waals surface area contributed by atoms with Crippen LogP contribution in [0.5, 0.6) is 0 Å². The van der Waals surface area contributed by atoms with E-state index in [-0.39, 0.29) is 5.91 Å². The number of hydrogen-bond donors (Lipinski definition) is 1. The van der Waals surface area contributed by atoms with Gasteiger partial charge in [-0.15, -0.1) is 24.5 Å². The third-order valence-corrected chi connectivity index (χ3v) is 3.06. The van der Waals surface area contributed by atoms with Crippen LogP contribution in [0, 0.1) is 0 Å². The number of thiophene rings is 1. The quantitative estimate of drug-likeness (QED) is 0.716. The number of rotatable bonds is 8. The second-order valence-electron chi connectivity index (χ2n) is 3.63. The van der Waals surface area contributed by atoms with E-state index in [4.69, 9.17) is 0 Å². The molecule has 0 atom stereocenters. The normalized spacial score (nSPS) is 10.2. The molecule has 92 valence electrons. The van der Waals surface area contributed by atoms with E-state index in [1.54, 1.807) is 23.5 Å². The molecule has 4 heteroatoms. The highest BCUT2D eigenvalue weighted by Gasteiger charge is 2.07. The average molecular weight is 250 g/mol. The Kier molecular flexibility index (Phi) is 6.29. The molecule has 17 heavy (non-hydrogen) atoms. The summed E-state index contributed by atoms with van der Waals surface area (Å²) in [6, 6.07) is 3.99. The zero-order valence-electron chi connectivity index (χ0n) is 9.89. The fourth-order valence-electron chi connectivity index (χ4n) is 1.43. The third kappa shape index (κ3) is 5.47. The van der Waals surface area contributed by atoms with Crippen molar-refractivity contribution in [2.45, 2.75) is 6.54 Å². The summed E-state index contributed by atoms with van der Waals surface area (Å²) in [6.45, 7) is 9.71. The highest BCUT2D eigenvalue weighted by atomic mass is 32.1. The second kappa shape index (κ2) is 7.81. The van der Waals surface area contributed by atoms with Crippen LogP contribution in [0.2, 0.25) is 0 Å². The van der Waals surface area contributed by atoms with E-state index in [0.717, 1.165) is 4.88 Å². The zero-order valence-corrected chi connectivity index (χ0v) is 10.7. The summed E-state index contributed by atoms with van der Waals surface area (Å²) in [5, 5.41) is 4.90. The van der Waals surface area contributed by atoms with Gasteiger partial charge in [-0.1, -0.05) is 18.2 Å². The maximum absolute atomic E-state index is 11.7. The van der Waals surface area contributed by atoms with Crippen LogP contribution in [0.25, 0.3) is 0 Å². The van der Waals surface area contributed by atoms with Gasteiger partial charge < -0.3 is 5.32 Å². The molecule has 0 saturated heterocycles. The van der Waals surface area contributed by atoms with Gasteiger partial charge >= 0.3 is 0 Å². The second-order valence-corrected chi connectivity index (χ2v) is 4.66. The summed E-state index contributed by atoms with van der Waals surface area (Å²) in [5.41, 5.74) is 0. The lowest BCUT2D eigenvalue weighted by atomic mass is 10.4. The molecule has 1 heterocycles. The molecule has 0 aliphatic carbocycles. The number of hydrogen-bond acceptors (Lipinski definition) is 3. The Bertz CT molecular complexity index is 350. The Labute approximate surface area is 106 Å². The number of carbonyl (C=O) groups is 1. The number of nitrogens with one attached hydrogen (secondary N) is 1. The minimum absolute atomic E-state index is 0.0297. The topological polar surface area (TPSA) is 32.3 Å². The van der Waals surface area contributed by atoms with Crippen LogP contribution in [0.3, 0.4) is 0 Å². The standard InChI is InChI=1S/C13H18N2OS/c1-3-7-15(8-4-2)11-13(16)14-10-12-6-5-9-17-12/h3-6,9H,1-2,7-8,10-11H2,(H,14,16). The molecule has 0 aliphatic heterocycles. The average Bonchev–Trinajstić information content (AvgIpc) is 2.80. The van der Waals surface area contributed by atoms with Gasteiger partial charge in [-0.2, -0.15) is 0 Å². The molecule has 1 N–H and O–H groups in total. The highest BCUT2D eigenvalue weighted by molar-refractivity contribution is 7.09. The summed E-state index contributed by atoms with van der Waals surface area (Å²) in [7, 11) is 0. The highest BCUT2D eigenvalue weighted by Crippen LogP contribution is 2.07. The van der Waals surface area contributed by atoms with Crippen LogP contribution in [-0.4, -0.2) is 30.4 Å². The van der Waals surface area contributed by atoms with E-state index >= 15 is 0 Å². The van der Waals surface area contributed by atoms with Crippen molar-refractivity contribution in [3.63, 3.8) is 0 Å². The zero-order chi connectivity index (χ0) is 12.5. The van der Waals surface area contributed by atoms with Gasteiger partial charge in [0.15, 0.2) is 0 Å². The van der Waals surface area contributed by atoms with Gasteiger partial charge in [-0.05, 0) is 11.4 Å². The Morgan fingerprint density at radius 3 is 2.65 bits per heavy atom. The maximum atomic E-state index is 11.7. The van der Waals surface area contributed by atoms with E-state index in [2.05, 4.69) is 18.5 Å². The van der Waals surface area contributed by atoms with Gasteiger partial charge in [-0.3, -0.25) is 9.69 Å². The summed E-state index contributed by atoms with van der Waals surface area (Å²) >= 11 is 1.64. The minimum Gasteiger partial charge on any atom is -0.350 e. The largest absolute Gasteiger partial charge is 0.350 e. The first kappa shape index (κ1) is 13.7. The Morgan fingerprint density at radius 1 is 1.41 bits per heavy atom. The summed E-state index contributed by atoms with van der Waals surface area (Å²) < 4.78 is 0. The van der Waals surface area contributed by atoms with Crippen LogP contribution in [0.4, 0.5) is 0 Å². The Hall–Kier alpha value is -1.39. The summed E-state index contributed by atoms with van der Waals surface area (Å²) in [5.74, 6) is 0.0297. The molecule has 1 amide bonds. The molecule has 1 rings (SSSR count). The Morgan fingerprint density at radius 2 is 2.12 bits per heavy atom. The van der Waals surface area contributed by atoms with E-state index < -0.39 is 0 Å². The van der Waals surface area contributed by atoms with E-state index in [9.17, 15) is 4.79 Å². The van der Waals surface area contributed by atoms with Crippen LogP contribution >= 0.6 is 11.3 Å². The lowest BCUT2D eigenvalue weighted by Gasteiger charge is -2.17. The molecule has 3 nitrogen and oxygen atoms in total. The fourth-order valence-corrected chi connectivity index (χ4v) is 2.07. The van der Waals surface area contributed by atoms with Gasteiger partial charge in [-0.25, -0.2) is 0 Å². The first-order chi connectivity index (χ1) is 8.26.